The number of rotatable bonds is 7. The SMILES string of the molecule is CCOC(=O)c1sc(NC(=O)c2cccc(NS(=O)(=O)c3ccccc3)c2)c(C#N)c1C. The van der Waals surface area contributed by atoms with Crippen molar-refractivity contribution < 1.29 is 22.7 Å². The third-order valence-corrected chi connectivity index (χ3v) is 6.96. The van der Waals surface area contributed by atoms with Crippen LogP contribution >= 0.6 is 11.3 Å². The number of amides is 1. The molecule has 0 aliphatic heterocycles. The lowest BCUT2D eigenvalue weighted by molar-refractivity contribution is 0.0531. The van der Waals surface area contributed by atoms with E-state index in [4.69, 9.17) is 4.74 Å². The van der Waals surface area contributed by atoms with Gasteiger partial charge in [-0.3, -0.25) is 9.52 Å². The first-order chi connectivity index (χ1) is 15.3. The predicted molar refractivity (Wildman–Crippen MR) is 121 cm³/mol. The number of esters is 1. The van der Waals surface area contributed by atoms with Crippen LogP contribution < -0.4 is 10.0 Å². The second kappa shape index (κ2) is 9.64. The highest BCUT2D eigenvalue weighted by Crippen LogP contribution is 2.33. The molecule has 0 aliphatic carbocycles. The van der Waals surface area contributed by atoms with E-state index in [-0.39, 0.29) is 38.2 Å². The van der Waals surface area contributed by atoms with Crippen molar-refractivity contribution in [3.63, 3.8) is 0 Å². The normalized spacial score (nSPS) is 10.8. The number of hydrogen-bond acceptors (Lipinski definition) is 7. The molecule has 164 valence electrons. The summed E-state index contributed by atoms with van der Waals surface area (Å²) in [6, 6.07) is 15.8. The number of nitriles is 1. The number of benzene rings is 2. The van der Waals surface area contributed by atoms with Gasteiger partial charge >= 0.3 is 5.97 Å². The zero-order chi connectivity index (χ0) is 23.3. The van der Waals surface area contributed by atoms with Crippen molar-refractivity contribution in [2.24, 2.45) is 0 Å². The lowest BCUT2D eigenvalue weighted by Crippen LogP contribution is -2.15. The summed E-state index contributed by atoms with van der Waals surface area (Å²) in [6.07, 6.45) is 0. The Hall–Kier alpha value is -3.68. The van der Waals surface area contributed by atoms with Crippen molar-refractivity contribution in [3.8, 4) is 6.07 Å². The van der Waals surface area contributed by atoms with Crippen LogP contribution in [0.25, 0.3) is 0 Å². The summed E-state index contributed by atoms with van der Waals surface area (Å²) >= 11 is 0.953. The maximum Gasteiger partial charge on any atom is 0.348 e. The minimum atomic E-state index is -3.82. The molecule has 0 saturated carbocycles. The molecule has 1 heterocycles. The van der Waals surface area contributed by atoms with Crippen LogP contribution in [0.15, 0.2) is 59.5 Å². The van der Waals surface area contributed by atoms with Gasteiger partial charge in [0.15, 0.2) is 0 Å². The van der Waals surface area contributed by atoms with Crippen molar-refractivity contribution in [2.45, 2.75) is 18.7 Å². The van der Waals surface area contributed by atoms with Gasteiger partial charge in [0, 0.05) is 11.3 Å². The Balaban J connectivity index is 1.84. The quantitative estimate of drug-likeness (QED) is 0.501. The molecule has 2 N–H and O–H groups in total. The van der Waals surface area contributed by atoms with E-state index in [1.165, 1.54) is 36.4 Å². The largest absolute Gasteiger partial charge is 0.462 e. The number of sulfonamides is 1. The number of nitrogens with one attached hydrogen (secondary N) is 2. The number of carbonyl (C=O) groups is 2. The van der Waals surface area contributed by atoms with E-state index in [9.17, 15) is 23.3 Å². The van der Waals surface area contributed by atoms with Crippen LogP contribution in [0.2, 0.25) is 0 Å². The van der Waals surface area contributed by atoms with Gasteiger partial charge in [-0.2, -0.15) is 5.26 Å². The molecule has 0 aliphatic rings. The number of ether oxygens (including phenoxy) is 1. The van der Waals surface area contributed by atoms with E-state index in [1.807, 2.05) is 6.07 Å². The van der Waals surface area contributed by atoms with E-state index in [0.29, 0.717) is 5.56 Å². The van der Waals surface area contributed by atoms with Crippen LogP contribution in [0.3, 0.4) is 0 Å². The van der Waals surface area contributed by atoms with Gasteiger partial charge in [-0.15, -0.1) is 11.3 Å². The molecule has 3 aromatic rings. The minimum absolute atomic E-state index is 0.0917. The second-order valence-electron chi connectivity index (χ2n) is 6.55. The molecule has 1 amide bonds. The molecule has 0 atom stereocenters. The smallest absolute Gasteiger partial charge is 0.348 e. The van der Waals surface area contributed by atoms with E-state index >= 15 is 0 Å². The van der Waals surface area contributed by atoms with Gasteiger partial charge in [0.25, 0.3) is 15.9 Å². The highest BCUT2D eigenvalue weighted by atomic mass is 32.2. The lowest BCUT2D eigenvalue weighted by Gasteiger charge is -2.10. The molecule has 0 bridgehead atoms. The summed E-state index contributed by atoms with van der Waals surface area (Å²) in [6.45, 7) is 3.47. The first kappa shape index (κ1) is 23.0. The molecule has 2 aromatic carbocycles. The average Bonchev–Trinajstić information content (AvgIpc) is 3.09. The van der Waals surface area contributed by atoms with E-state index < -0.39 is 21.9 Å². The molecule has 0 unspecified atom stereocenters. The van der Waals surface area contributed by atoms with Crippen molar-refractivity contribution in [3.05, 3.63) is 76.2 Å². The molecular weight excluding hydrogens is 450 g/mol. The van der Waals surface area contributed by atoms with Gasteiger partial charge in [0.05, 0.1) is 17.1 Å². The number of hydrogen-bond donors (Lipinski definition) is 2. The lowest BCUT2D eigenvalue weighted by atomic mass is 10.1. The molecular formula is C22H19N3O5S2. The fourth-order valence-corrected chi connectivity index (χ4v) is 4.96. The maximum atomic E-state index is 12.8. The molecule has 0 radical (unpaired) electrons. The topological polar surface area (TPSA) is 125 Å². The van der Waals surface area contributed by atoms with Crippen molar-refractivity contribution >= 4 is 43.9 Å². The van der Waals surface area contributed by atoms with Crippen molar-refractivity contribution in [1.29, 1.82) is 5.26 Å². The molecule has 0 fully saturated rings. The number of anilines is 2. The third kappa shape index (κ3) is 4.96. The van der Waals surface area contributed by atoms with Crippen LogP contribution in [0.1, 0.15) is 38.1 Å². The Morgan fingerprint density at radius 3 is 2.50 bits per heavy atom. The zero-order valence-electron chi connectivity index (χ0n) is 17.2. The monoisotopic (exact) mass is 469 g/mol. The first-order valence-electron chi connectivity index (χ1n) is 9.46. The number of thiophene rings is 1. The number of nitrogens with zero attached hydrogens (tertiary/aromatic N) is 1. The van der Waals surface area contributed by atoms with Gasteiger partial charge < -0.3 is 10.1 Å². The zero-order valence-corrected chi connectivity index (χ0v) is 18.8. The van der Waals surface area contributed by atoms with Gasteiger partial charge in [0.2, 0.25) is 0 Å². The Bertz CT molecular complexity index is 1310. The molecule has 0 spiro atoms. The van der Waals surface area contributed by atoms with Crippen LogP contribution in [0, 0.1) is 18.3 Å². The number of carbonyl (C=O) groups excluding carboxylic acids is 2. The summed E-state index contributed by atoms with van der Waals surface area (Å²) in [5.41, 5.74) is 0.977. The average molecular weight is 470 g/mol. The fourth-order valence-electron chi connectivity index (χ4n) is 2.84. The maximum absolute atomic E-state index is 12.8. The Kier molecular flexibility index (Phi) is 6.92. The van der Waals surface area contributed by atoms with E-state index in [2.05, 4.69) is 10.0 Å². The molecule has 10 heteroatoms. The predicted octanol–water partition coefficient (Wildman–Crippen LogP) is 4.16. The highest BCUT2D eigenvalue weighted by Gasteiger charge is 2.23. The van der Waals surface area contributed by atoms with Crippen LogP contribution in [0.4, 0.5) is 10.7 Å². The van der Waals surface area contributed by atoms with E-state index in [1.54, 1.807) is 32.0 Å². The summed E-state index contributed by atoms with van der Waals surface area (Å²) in [5.74, 6) is -1.12. The molecule has 32 heavy (non-hydrogen) atoms. The summed E-state index contributed by atoms with van der Waals surface area (Å²) in [4.78, 5) is 25.2. The van der Waals surface area contributed by atoms with Gasteiger partial charge in [-0.1, -0.05) is 24.3 Å². The fraction of sp³-hybridized carbons (Fsp3) is 0.136. The van der Waals surface area contributed by atoms with Gasteiger partial charge in [-0.25, -0.2) is 13.2 Å². The Morgan fingerprint density at radius 1 is 1.12 bits per heavy atom. The molecule has 1 aromatic heterocycles. The molecule has 8 nitrogen and oxygen atoms in total. The van der Waals surface area contributed by atoms with Crippen molar-refractivity contribution in [2.75, 3.05) is 16.6 Å². The first-order valence-corrected chi connectivity index (χ1v) is 11.8. The summed E-state index contributed by atoms with van der Waals surface area (Å²) in [7, 11) is -3.82. The van der Waals surface area contributed by atoms with E-state index in [0.717, 1.165) is 11.3 Å². The standard InChI is InChI=1S/C22H19N3O5S2/c1-3-30-22(27)19-14(2)18(13-23)21(31-19)24-20(26)15-8-7-9-16(12-15)25-32(28,29)17-10-5-4-6-11-17/h4-12,25H,3H2,1-2H3,(H,24,26). The van der Waals surface area contributed by atoms with Gasteiger partial charge in [-0.05, 0) is 49.7 Å². The Morgan fingerprint density at radius 2 is 1.84 bits per heavy atom. The highest BCUT2D eigenvalue weighted by molar-refractivity contribution is 7.92. The van der Waals surface area contributed by atoms with Crippen LogP contribution in [-0.2, 0) is 14.8 Å². The second-order valence-corrected chi connectivity index (χ2v) is 9.25. The van der Waals surface area contributed by atoms with Crippen LogP contribution in [0.5, 0.6) is 0 Å². The summed E-state index contributed by atoms with van der Waals surface area (Å²) in [5, 5.41) is 12.3. The third-order valence-electron chi connectivity index (χ3n) is 4.38. The molecule has 0 saturated heterocycles. The Labute approximate surface area is 189 Å². The van der Waals surface area contributed by atoms with Crippen LogP contribution in [-0.4, -0.2) is 26.9 Å². The summed E-state index contributed by atoms with van der Waals surface area (Å²) < 4.78 is 32.5. The minimum Gasteiger partial charge on any atom is -0.462 e. The van der Waals surface area contributed by atoms with Crippen molar-refractivity contribution in [1.82, 2.24) is 0 Å². The molecule has 3 rings (SSSR count). The van der Waals surface area contributed by atoms with Gasteiger partial charge in [0.1, 0.15) is 15.9 Å².